The molecule has 4 aromatic rings. The zero-order valence-corrected chi connectivity index (χ0v) is 22.5. The summed E-state index contributed by atoms with van der Waals surface area (Å²) in [5, 5.41) is 0. The van der Waals surface area contributed by atoms with Crippen LogP contribution in [0.3, 0.4) is 0 Å². The molecular weight excluding hydrogens is 508 g/mol. The molecule has 0 bridgehead atoms. The molecule has 4 heterocycles. The highest BCUT2D eigenvalue weighted by molar-refractivity contribution is 5.90. The van der Waals surface area contributed by atoms with Crippen molar-refractivity contribution in [3.8, 4) is 17.4 Å². The van der Waals surface area contributed by atoms with Gasteiger partial charge in [-0.2, -0.15) is 0 Å². The van der Waals surface area contributed by atoms with Crippen LogP contribution < -0.4 is 19.1 Å². The summed E-state index contributed by atoms with van der Waals surface area (Å²) in [4.78, 5) is 26.0. The Labute approximate surface area is 233 Å². The van der Waals surface area contributed by atoms with Crippen LogP contribution in [0.2, 0.25) is 0 Å². The molecule has 2 aliphatic heterocycles. The fourth-order valence-electron chi connectivity index (χ4n) is 5.26. The zero-order valence-electron chi connectivity index (χ0n) is 22.5. The SMILES string of the molecule is COc1ccc2nccc(CCCN(Cc3ccccc3)C[C@H]3CN(c4ccc5c(c4)OCCO5)C(=O)O3)c2n1. The zero-order chi connectivity index (χ0) is 27.3. The number of pyridine rings is 2. The average molecular weight is 541 g/mol. The molecule has 0 radical (unpaired) electrons. The van der Waals surface area contributed by atoms with E-state index in [4.69, 9.17) is 18.9 Å². The van der Waals surface area contributed by atoms with Crippen LogP contribution in [0.4, 0.5) is 10.5 Å². The van der Waals surface area contributed by atoms with E-state index in [9.17, 15) is 4.79 Å². The maximum absolute atomic E-state index is 12.9. The fraction of sp³-hybridized carbons (Fsp3) is 0.323. The quantitative estimate of drug-likeness (QED) is 0.282. The fourth-order valence-corrected chi connectivity index (χ4v) is 5.26. The van der Waals surface area contributed by atoms with E-state index in [1.165, 1.54) is 5.56 Å². The molecule has 206 valence electrons. The first-order chi connectivity index (χ1) is 19.7. The molecular formula is C31H32N4O5. The Morgan fingerprint density at radius 2 is 1.88 bits per heavy atom. The molecule has 0 N–H and O–H groups in total. The van der Waals surface area contributed by atoms with Crippen LogP contribution in [0.5, 0.6) is 17.4 Å². The van der Waals surface area contributed by atoms with E-state index in [0.29, 0.717) is 43.7 Å². The minimum Gasteiger partial charge on any atom is -0.486 e. The summed E-state index contributed by atoms with van der Waals surface area (Å²) in [7, 11) is 1.62. The number of carbonyl (C=O) groups is 1. The summed E-state index contributed by atoms with van der Waals surface area (Å²) in [5.41, 5.74) is 4.84. The van der Waals surface area contributed by atoms with Gasteiger partial charge in [0.05, 0.1) is 30.4 Å². The lowest BCUT2D eigenvalue weighted by molar-refractivity contribution is 0.105. The number of amides is 1. The van der Waals surface area contributed by atoms with Gasteiger partial charge in [0.2, 0.25) is 5.88 Å². The molecule has 1 saturated heterocycles. The summed E-state index contributed by atoms with van der Waals surface area (Å²) in [6, 6.07) is 21.7. The van der Waals surface area contributed by atoms with Gasteiger partial charge in [0.25, 0.3) is 0 Å². The molecule has 0 unspecified atom stereocenters. The lowest BCUT2D eigenvalue weighted by Crippen LogP contribution is -2.35. The van der Waals surface area contributed by atoms with Crippen molar-refractivity contribution in [1.29, 1.82) is 0 Å². The van der Waals surface area contributed by atoms with Crippen LogP contribution in [-0.4, -0.2) is 67.0 Å². The third-order valence-electron chi connectivity index (χ3n) is 7.19. The number of methoxy groups -OCH3 is 1. The molecule has 2 aromatic heterocycles. The van der Waals surface area contributed by atoms with Crippen molar-refractivity contribution in [3.05, 3.63) is 84.1 Å². The molecule has 9 nitrogen and oxygen atoms in total. The number of cyclic esters (lactones) is 1. The molecule has 6 rings (SSSR count). The summed E-state index contributed by atoms with van der Waals surface area (Å²) in [6.07, 6.45) is 3.00. The van der Waals surface area contributed by atoms with Gasteiger partial charge < -0.3 is 18.9 Å². The standard InChI is InChI=1S/C31H32N4O5/c1-37-29-12-10-26-30(33-29)23(13-14-32-26)8-5-15-34(19-22-6-3-2-4-7-22)20-25-21-35(31(36)40-25)24-9-11-27-28(18-24)39-17-16-38-27/h2-4,6-7,9-14,18,25H,5,8,15-17,19-21H2,1H3/t25-/m0/s1. The van der Waals surface area contributed by atoms with Crippen LogP contribution >= 0.6 is 0 Å². The number of aryl methyl sites for hydroxylation is 1. The van der Waals surface area contributed by atoms with Gasteiger partial charge in [0, 0.05) is 31.4 Å². The minimum absolute atomic E-state index is 0.253. The first-order valence-corrected chi connectivity index (χ1v) is 13.6. The van der Waals surface area contributed by atoms with Gasteiger partial charge in [-0.3, -0.25) is 14.8 Å². The Morgan fingerprint density at radius 1 is 1.02 bits per heavy atom. The largest absolute Gasteiger partial charge is 0.486 e. The number of rotatable bonds is 10. The molecule has 0 saturated carbocycles. The molecule has 40 heavy (non-hydrogen) atoms. The van der Waals surface area contributed by atoms with Crippen molar-refractivity contribution in [2.75, 3.05) is 44.9 Å². The monoisotopic (exact) mass is 540 g/mol. The number of benzene rings is 2. The van der Waals surface area contributed by atoms with Crippen LogP contribution in [0.15, 0.2) is 72.9 Å². The second kappa shape index (κ2) is 11.8. The third kappa shape index (κ3) is 5.79. The smallest absolute Gasteiger partial charge is 0.414 e. The lowest BCUT2D eigenvalue weighted by Gasteiger charge is -2.25. The van der Waals surface area contributed by atoms with E-state index in [-0.39, 0.29) is 12.2 Å². The molecule has 1 fully saturated rings. The Balaban J connectivity index is 1.14. The van der Waals surface area contributed by atoms with Crippen molar-refractivity contribution in [2.45, 2.75) is 25.5 Å². The normalized spacial score (nSPS) is 16.4. The highest BCUT2D eigenvalue weighted by atomic mass is 16.6. The number of nitrogens with zero attached hydrogens (tertiary/aromatic N) is 4. The lowest BCUT2D eigenvalue weighted by atomic mass is 10.1. The Kier molecular flexibility index (Phi) is 7.63. The van der Waals surface area contributed by atoms with E-state index < -0.39 is 0 Å². The number of fused-ring (bicyclic) bond motifs is 2. The number of aromatic nitrogens is 2. The second-order valence-electron chi connectivity index (χ2n) is 9.96. The van der Waals surface area contributed by atoms with Crippen molar-refractivity contribution in [1.82, 2.24) is 14.9 Å². The van der Waals surface area contributed by atoms with E-state index >= 15 is 0 Å². The molecule has 1 amide bonds. The van der Waals surface area contributed by atoms with Crippen LogP contribution in [0.25, 0.3) is 11.0 Å². The highest BCUT2D eigenvalue weighted by Crippen LogP contribution is 2.35. The van der Waals surface area contributed by atoms with Gasteiger partial charge in [0.15, 0.2) is 11.5 Å². The predicted molar refractivity (Wildman–Crippen MR) is 151 cm³/mol. The van der Waals surface area contributed by atoms with Gasteiger partial charge >= 0.3 is 6.09 Å². The summed E-state index contributed by atoms with van der Waals surface area (Å²) in [6.45, 7) is 3.73. The van der Waals surface area contributed by atoms with Gasteiger partial charge in [-0.1, -0.05) is 30.3 Å². The molecule has 9 heteroatoms. The predicted octanol–water partition coefficient (Wildman–Crippen LogP) is 4.87. The van der Waals surface area contributed by atoms with E-state index in [1.807, 2.05) is 48.7 Å². The number of ether oxygens (including phenoxy) is 4. The van der Waals surface area contributed by atoms with Gasteiger partial charge in [-0.25, -0.2) is 9.78 Å². The maximum Gasteiger partial charge on any atom is 0.414 e. The Hall–Kier alpha value is -4.37. The molecule has 1 atom stereocenters. The molecule has 2 aliphatic rings. The Morgan fingerprint density at radius 3 is 2.73 bits per heavy atom. The van der Waals surface area contributed by atoms with E-state index in [2.05, 4.69) is 39.1 Å². The number of hydrogen-bond donors (Lipinski definition) is 0. The van der Waals surface area contributed by atoms with Crippen LogP contribution in [0.1, 0.15) is 17.5 Å². The van der Waals surface area contributed by atoms with Crippen LogP contribution in [-0.2, 0) is 17.7 Å². The topological polar surface area (TPSA) is 86.2 Å². The minimum atomic E-state index is -0.343. The Bertz CT molecular complexity index is 1480. The first-order valence-electron chi connectivity index (χ1n) is 13.6. The van der Waals surface area contributed by atoms with E-state index in [0.717, 1.165) is 48.2 Å². The number of carbonyl (C=O) groups excluding carboxylic acids is 1. The maximum atomic E-state index is 12.9. The molecule has 0 spiro atoms. The van der Waals surface area contributed by atoms with Gasteiger partial charge in [-0.05, 0) is 54.8 Å². The molecule has 0 aliphatic carbocycles. The summed E-state index contributed by atoms with van der Waals surface area (Å²) < 4.78 is 22.5. The van der Waals surface area contributed by atoms with Crippen molar-refractivity contribution in [3.63, 3.8) is 0 Å². The first kappa shape index (κ1) is 25.9. The van der Waals surface area contributed by atoms with Crippen molar-refractivity contribution in [2.24, 2.45) is 0 Å². The van der Waals surface area contributed by atoms with Gasteiger partial charge in [0.1, 0.15) is 19.3 Å². The average Bonchev–Trinajstić information content (AvgIpc) is 3.36. The molecule has 2 aromatic carbocycles. The highest BCUT2D eigenvalue weighted by Gasteiger charge is 2.34. The summed E-state index contributed by atoms with van der Waals surface area (Å²) in [5.74, 6) is 1.93. The van der Waals surface area contributed by atoms with Gasteiger partial charge in [-0.15, -0.1) is 0 Å². The van der Waals surface area contributed by atoms with E-state index in [1.54, 1.807) is 12.0 Å². The van der Waals surface area contributed by atoms with Crippen LogP contribution in [0, 0.1) is 0 Å². The third-order valence-corrected chi connectivity index (χ3v) is 7.19. The number of anilines is 1. The van der Waals surface area contributed by atoms with Crippen molar-refractivity contribution >= 4 is 22.8 Å². The number of hydrogen-bond acceptors (Lipinski definition) is 8. The van der Waals surface area contributed by atoms with Crippen molar-refractivity contribution < 1.29 is 23.7 Å². The summed E-state index contributed by atoms with van der Waals surface area (Å²) >= 11 is 0. The second-order valence-corrected chi connectivity index (χ2v) is 9.96.